The topological polar surface area (TPSA) is 88.5 Å². The number of carbonyl (C=O) groups is 1. The van der Waals surface area contributed by atoms with Crippen LogP contribution in [0.2, 0.25) is 5.02 Å². The zero-order valence-corrected chi connectivity index (χ0v) is 18.9. The number of benzene rings is 1. The first-order chi connectivity index (χ1) is 14.5. The molecule has 1 amide bonds. The highest BCUT2D eigenvalue weighted by Gasteiger charge is 2.19. The fourth-order valence-corrected chi connectivity index (χ4v) is 4.81. The van der Waals surface area contributed by atoms with E-state index in [-0.39, 0.29) is 5.91 Å². The molecule has 30 heavy (non-hydrogen) atoms. The van der Waals surface area contributed by atoms with Gasteiger partial charge in [-0.15, -0.1) is 17.9 Å². The first-order valence-corrected chi connectivity index (χ1v) is 11.2. The summed E-state index contributed by atoms with van der Waals surface area (Å²) in [6, 6.07) is 7.32. The molecule has 0 aliphatic carbocycles. The number of aromatic amines is 1. The van der Waals surface area contributed by atoms with Gasteiger partial charge in [-0.05, 0) is 31.3 Å². The molecule has 1 aromatic carbocycles. The normalized spacial score (nSPS) is 10.9. The van der Waals surface area contributed by atoms with Gasteiger partial charge < -0.3 is 0 Å². The maximum absolute atomic E-state index is 12.7. The van der Waals surface area contributed by atoms with Crippen LogP contribution in [0, 0.1) is 11.7 Å². The van der Waals surface area contributed by atoms with Crippen LogP contribution >= 0.6 is 46.5 Å². The molecule has 0 aliphatic rings. The Balaban J connectivity index is 1.55. The second kappa shape index (κ2) is 8.60. The summed E-state index contributed by atoms with van der Waals surface area (Å²) in [6.07, 6.45) is 1.74. The summed E-state index contributed by atoms with van der Waals surface area (Å²) in [5, 5.41) is 13.5. The van der Waals surface area contributed by atoms with Crippen molar-refractivity contribution in [1.82, 2.24) is 24.7 Å². The fraction of sp³-hybridized carbons (Fsp3) is 0.105. The molecule has 152 valence electrons. The lowest BCUT2D eigenvalue weighted by Gasteiger charge is -2.01. The second-order valence-electron chi connectivity index (χ2n) is 6.18. The Morgan fingerprint density at radius 2 is 2.13 bits per heavy atom. The number of nitrogens with zero attached hydrogens (tertiary/aromatic N) is 4. The maximum atomic E-state index is 12.7. The van der Waals surface area contributed by atoms with Crippen LogP contribution in [0.4, 0.5) is 5.13 Å². The first-order valence-electron chi connectivity index (χ1n) is 8.73. The predicted molar refractivity (Wildman–Crippen MR) is 124 cm³/mol. The smallest absolute Gasteiger partial charge is 0.276 e. The van der Waals surface area contributed by atoms with E-state index in [9.17, 15) is 4.79 Å². The van der Waals surface area contributed by atoms with Crippen molar-refractivity contribution in [2.75, 3.05) is 5.32 Å². The van der Waals surface area contributed by atoms with Crippen molar-refractivity contribution in [3.8, 4) is 21.3 Å². The Kier molecular flexibility index (Phi) is 5.91. The number of halogens is 1. The Labute approximate surface area is 190 Å². The molecular formula is C19H15ClN6OS3. The monoisotopic (exact) mass is 474 g/mol. The average molecular weight is 475 g/mol. The molecule has 11 heteroatoms. The molecule has 0 aliphatic heterocycles. The molecule has 0 bridgehead atoms. The molecule has 4 rings (SSSR count). The summed E-state index contributed by atoms with van der Waals surface area (Å²) >= 11 is 13.9. The van der Waals surface area contributed by atoms with Gasteiger partial charge in [0.25, 0.3) is 5.91 Å². The summed E-state index contributed by atoms with van der Waals surface area (Å²) < 4.78 is 2.33. The van der Waals surface area contributed by atoms with Gasteiger partial charge in [0.2, 0.25) is 0 Å². The van der Waals surface area contributed by atoms with Gasteiger partial charge in [-0.2, -0.15) is 5.10 Å². The van der Waals surface area contributed by atoms with Gasteiger partial charge in [0.05, 0.1) is 10.6 Å². The summed E-state index contributed by atoms with van der Waals surface area (Å²) in [5.74, 6) is 0.339. The van der Waals surface area contributed by atoms with Crippen molar-refractivity contribution >= 4 is 57.5 Å². The molecule has 0 radical (unpaired) electrons. The van der Waals surface area contributed by atoms with Crippen molar-refractivity contribution in [3.05, 3.63) is 63.5 Å². The lowest BCUT2D eigenvalue weighted by Crippen LogP contribution is -2.12. The van der Waals surface area contributed by atoms with E-state index in [4.69, 9.17) is 23.8 Å². The number of aromatic nitrogens is 5. The van der Waals surface area contributed by atoms with Crippen molar-refractivity contribution in [2.45, 2.75) is 13.5 Å². The van der Waals surface area contributed by atoms with Crippen LogP contribution in [0.15, 0.2) is 42.3 Å². The number of aryl methyl sites for hydroxylation is 1. The van der Waals surface area contributed by atoms with Gasteiger partial charge in [0.1, 0.15) is 10.7 Å². The van der Waals surface area contributed by atoms with Crippen LogP contribution in [-0.2, 0) is 6.54 Å². The average Bonchev–Trinajstić information content (AvgIpc) is 3.43. The molecule has 3 aromatic heterocycles. The van der Waals surface area contributed by atoms with Gasteiger partial charge in [0, 0.05) is 22.5 Å². The van der Waals surface area contributed by atoms with Crippen molar-refractivity contribution in [3.63, 3.8) is 0 Å². The van der Waals surface area contributed by atoms with Crippen LogP contribution in [0.1, 0.15) is 16.2 Å². The van der Waals surface area contributed by atoms with Crippen molar-refractivity contribution < 1.29 is 4.79 Å². The minimum Gasteiger partial charge on any atom is -0.296 e. The van der Waals surface area contributed by atoms with Gasteiger partial charge in [-0.25, -0.2) is 9.97 Å². The van der Waals surface area contributed by atoms with Crippen LogP contribution in [0.3, 0.4) is 0 Å². The standard InChI is InChI=1S/C19H15ClN6OS3/c1-3-8-26-15(24-25-19(26)28)14-10(2)21-18(30-14)23-16(27)13-9-29-17(22-13)11-4-6-12(20)7-5-11/h3-7,9H,1,8H2,2H3,(H,25,28)(H,21,23,27). The minimum absolute atomic E-state index is 0.322. The zero-order valence-electron chi connectivity index (χ0n) is 15.7. The Morgan fingerprint density at radius 1 is 1.37 bits per heavy atom. The zero-order chi connectivity index (χ0) is 21.3. The highest BCUT2D eigenvalue weighted by molar-refractivity contribution is 7.71. The Hall–Kier alpha value is -2.66. The van der Waals surface area contributed by atoms with Crippen LogP contribution < -0.4 is 5.32 Å². The number of hydrogen-bond acceptors (Lipinski definition) is 7. The third-order valence-corrected chi connectivity index (χ3v) is 6.64. The number of amides is 1. The predicted octanol–water partition coefficient (Wildman–Crippen LogP) is 5.59. The van der Waals surface area contributed by atoms with Crippen LogP contribution in [0.25, 0.3) is 21.3 Å². The maximum Gasteiger partial charge on any atom is 0.276 e. The van der Waals surface area contributed by atoms with E-state index >= 15 is 0 Å². The number of allylic oxidation sites excluding steroid dienone is 1. The van der Waals surface area contributed by atoms with E-state index < -0.39 is 0 Å². The summed E-state index contributed by atoms with van der Waals surface area (Å²) in [4.78, 5) is 22.4. The molecule has 0 spiro atoms. The highest BCUT2D eigenvalue weighted by Crippen LogP contribution is 2.32. The third kappa shape index (κ3) is 4.12. The lowest BCUT2D eigenvalue weighted by atomic mass is 10.2. The number of anilines is 1. The van der Waals surface area contributed by atoms with Crippen LogP contribution in [0.5, 0.6) is 0 Å². The molecule has 7 nitrogen and oxygen atoms in total. The number of nitrogens with one attached hydrogen (secondary N) is 2. The largest absolute Gasteiger partial charge is 0.296 e. The van der Waals surface area contributed by atoms with Gasteiger partial charge >= 0.3 is 0 Å². The first kappa shape index (κ1) is 20.6. The van der Waals surface area contributed by atoms with Crippen molar-refractivity contribution in [2.24, 2.45) is 0 Å². The molecule has 0 atom stereocenters. The Bertz CT molecular complexity index is 1280. The molecule has 0 saturated heterocycles. The van der Waals surface area contributed by atoms with Crippen LogP contribution in [-0.4, -0.2) is 30.6 Å². The molecule has 2 N–H and O–H groups in total. The summed E-state index contributed by atoms with van der Waals surface area (Å²) in [5.41, 5.74) is 1.98. The number of thiazole rings is 2. The van der Waals surface area contributed by atoms with E-state index in [1.165, 1.54) is 22.7 Å². The van der Waals surface area contributed by atoms with Gasteiger partial charge in [-0.3, -0.25) is 19.8 Å². The number of rotatable bonds is 6. The molecule has 0 saturated carbocycles. The third-order valence-electron chi connectivity index (χ3n) is 4.12. The SMILES string of the molecule is C=CCn1c(-c2sc(NC(=O)c3csc(-c4ccc(Cl)cc4)n3)nc2C)n[nH]c1=S. The Morgan fingerprint density at radius 3 is 2.87 bits per heavy atom. The van der Waals surface area contributed by atoms with E-state index in [0.717, 1.165) is 21.1 Å². The molecule has 3 heterocycles. The van der Waals surface area contributed by atoms with E-state index in [1.807, 2.05) is 23.6 Å². The number of hydrogen-bond donors (Lipinski definition) is 2. The van der Waals surface area contributed by atoms with E-state index in [0.29, 0.717) is 33.0 Å². The van der Waals surface area contributed by atoms with Gasteiger partial charge in [-0.1, -0.05) is 41.1 Å². The number of carbonyl (C=O) groups excluding carboxylic acids is 1. The number of H-pyrrole nitrogens is 1. The molecule has 0 unspecified atom stereocenters. The lowest BCUT2D eigenvalue weighted by molar-refractivity contribution is 0.102. The quantitative estimate of drug-likeness (QED) is 0.281. The fourth-order valence-electron chi connectivity index (χ4n) is 2.71. The van der Waals surface area contributed by atoms with E-state index in [1.54, 1.807) is 23.6 Å². The second-order valence-corrected chi connectivity index (χ2v) is 8.86. The summed E-state index contributed by atoms with van der Waals surface area (Å²) in [7, 11) is 0. The molecule has 0 fully saturated rings. The highest BCUT2D eigenvalue weighted by atomic mass is 35.5. The molecular weight excluding hydrogens is 460 g/mol. The molecule has 4 aromatic rings. The minimum atomic E-state index is -0.322. The summed E-state index contributed by atoms with van der Waals surface area (Å²) in [6.45, 7) is 6.13. The van der Waals surface area contributed by atoms with E-state index in [2.05, 4.69) is 32.1 Å². The van der Waals surface area contributed by atoms with Gasteiger partial charge in [0.15, 0.2) is 15.7 Å². The van der Waals surface area contributed by atoms with Crippen molar-refractivity contribution in [1.29, 1.82) is 0 Å².